The molecule has 0 fully saturated rings. The highest BCUT2D eigenvalue weighted by Crippen LogP contribution is 2.29. The zero-order valence-electron chi connectivity index (χ0n) is 14.5. The van der Waals surface area contributed by atoms with Gasteiger partial charge in [0.25, 0.3) is 0 Å². The highest BCUT2D eigenvalue weighted by Gasteiger charge is 2.09. The van der Waals surface area contributed by atoms with Crippen molar-refractivity contribution >= 4 is 24.0 Å². The second-order valence-corrected chi connectivity index (χ2v) is 5.94. The van der Waals surface area contributed by atoms with Crippen LogP contribution in [0.25, 0.3) is 0 Å². The maximum atomic E-state index is 9.23. The van der Waals surface area contributed by atoms with Crippen molar-refractivity contribution in [1.29, 1.82) is 0 Å². The number of benzene rings is 2. The molecule has 0 aliphatic heterocycles. The lowest BCUT2D eigenvalue weighted by Gasteiger charge is -2.16. The fourth-order valence-corrected chi connectivity index (χ4v) is 2.50. The minimum absolute atomic E-state index is 0. The van der Waals surface area contributed by atoms with Crippen LogP contribution < -0.4 is 14.8 Å². The van der Waals surface area contributed by atoms with Crippen molar-refractivity contribution in [2.45, 2.75) is 32.5 Å². The number of nitrogens with one attached hydrogen (secondary N) is 1. The number of ether oxygens (including phenoxy) is 2. The largest absolute Gasteiger partial charge is 0.493 e. The first-order valence-corrected chi connectivity index (χ1v) is 8.43. The van der Waals surface area contributed by atoms with Crippen molar-refractivity contribution in [3.05, 3.63) is 58.6 Å². The van der Waals surface area contributed by atoms with Gasteiger partial charge in [0.05, 0.1) is 13.7 Å². The van der Waals surface area contributed by atoms with Crippen LogP contribution in [0.15, 0.2) is 42.5 Å². The van der Waals surface area contributed by atoms with E-state index < -0.39 is 0 Å². The number of aliphatic hydroxyl groups is 1. The van der Waals surface area contributed by atoms with Crippen LogP contribution in [-0.2, 0) is 13.2 Å². The minimum atomic E-state index is 0. The van der Waals surface area contributed by atoms with Crippen LogP contribution in [0.4, 0.5) is 0 Å². The van der Waals surface area contributed by atoms with E-state index in [4.69, 9.17) is 21.1 Å². The molecule has 0 aliphatic rings. The van der Waals surface area contributed by atoms with Crippen molar-refractivity contribution in [2.24, 2.45) is 0 Å². The Kier molecular flexibility index (Phi) is 9.68. The van der Waals surface area contributed by atoms with Crippen molar-refractivity contribution in [2.75, 3.05) is 13.7 Å². The normalized spacial score (nSPS) is 11.5. The average Bonchev–Trinajstić information content (AvgIpc) is 2.62. The summed E-state index contributed by atoms with van der Waals surface area (Å²) >= 11 is 6.15. The SMILES string of the molecule is CCC(CO)NCc1ccc(OCc2ccccc2Cl)c(OC)c1.Cl. The Bertz CT molecular complexity index is 648. The molecule has 0 heterocycles. The van der Waals surface area contributed by atoms with Gasteiger partial charge >= 0.3 is 0 Å². The van der Waals surface area contributed by atoms with Gasteiger partial charge in [-0.1, -0.05) is 42.8 Å². The molecule has 2 rings (SSSR count). The molecular weight excluding hydrogens is 361 g/mol. The van der Waals surface area contributed by atoms with Gasteiger partial charge < -0.3 is 19.9 Å². The summed E-state index contributed by atoms with van der Waals surface area (Å²) in [7, 11) is 1.62. The number of hydrogen-bond acceptors (Lipinski definition) is 4. The fraction of sp³-hybridized carbons (Fsp3) is 0.368. The molecule has 0 aromatic heterocycles. The summed E-state index contributed by atoms with van der Waals surface area (Å²) in [6, 6.07) is 13.5. The molecule has 0 saturated carbocycles. The molecule has 4 nitrogen and oxygen atoms in total. The molecule has 2 aromatic carbocycles. The Morgan fingerprint density at radius 2 is 1.92 bits per heavy atom. The molecule has 0 spiro atoms. The zero-order valence-corrected chi connectivity index (χ0v) is 16.1. The summed E-state index contributed by atoms with van der Waals surface area (Å²) in [5.41, 5.74) is 2.00. The lowest BCUT2D eigenvalue weighted by molar-refractivity contribution is 0.238. The molecule has 138 valence electrons. The Morgan fingerprint density at radius 3 is 2.56 bits per heavy atom. The van der Waals surface area contributed by atoms with Crippen LogP contribution in [0.5, 0.6) is 11.5 Å². The predicted molar refractivity (Wildman–Crippen MR) is 104 cm³/mol. The summed E-state index contributed by atoms with van der Waals surface area (Å²) in [6.07, 6.45) is 0.882. The third-order valence-electron chi connectivity index (χ3n) is 3.88. The number of aliphatic hydroxyl groups excluding tert-OH is 1. The molecular formula is C19H25Cl2NO3. The first kappa shape index (κ1) is 21.6. The van der Waals surface area contributed by atoms with E-state index in [2.05, 4.69) is 5.32 Å². The predicted octanol–water partition coefficient (Wildman–Crippen LogP) is 4.21. The van der Waals surface area contributed by atoms with Crippen molar-refractivity contribution < 1.29 is 14.6 Å². The first-order chi connectivity index (χ1) is 11.7. The minimum Gasteiger partial charge on any atom is -0.493 e. The summed E-state index contributed by atoms with van der Waals surface area (Å²) < 4.78 is 11.3. The Labute approximate surface area is 160 Å². The molecule has 25 heavy (non-hydrogen) atoms. The number of hydrogen-bond donors (Lipinski definition) is 2. The summed E-state index contributed by atoms with van der Waals surface area (Å²) in [4.78, 5) is 0. The highest BCUT2D eigenvalue weighted by molar-refractivity contribution is 6.31. The fourth-order valence-electron chi connectivity index (χ4n) is 2.31. The van der Waals surface area contributed by atoms with Crippen LogP contribution in [-0.4, -0.2) is 24.9 Å². The van der Waals surface area contributed by atoms with Crippen molar-refractivity contribution in [3.63, 3.8) is 0 Å². The molecule has 0 bridgehead atoms. The van der Waals surface area contributed by atoms with Gasteiger partial charge in [-0.3, -0.25) is 0 Å². The molecule has 0 amide bonds. The van der Waals surface area contributed by atoms with E-state index in [1.54, 1.807) is 7.11 Å². The topological polar surface area (TPSA) is 50.7 Å². The van der Waals surface area contributed by atoms with Gasteiger partial charge in [-0.05, 0) is 30.2 Å². The average molecular weight is 386 g/mol. The second-order valence-electron chi connectivity index (χ2n) is 5.53. The Hall–Kier alpha value is -1.46. The molecule has 6 heteroatoms. The molecule has 1 unspecified atom stereocenters. The zero-order chi connectivity index (χ0) is 17.4. The van der Waals surface area contributed by atoms with E-state index in [9.17, 15) is 5.11 Å². The smallest absolute Gasteiger partial charge is 0.161 e. The monoisotopic (exact) mass is 385 g/mol. The maximum absolute atomic E-state index is 9.23. The number of halogens is 2. The van der Waals surface area contributed by atoms with Gasteiger partial charge in [0, 0.05) is 23.2 Å². The summed E-state index contributed by atoms with van der Waals surface area (Å²) in [6.45, 7) is 3.23. The molecule has 1 atom stereocenters. The van der Waals surface area contributed by atoms with Gasteiger partial charge in [0.1, 0.15) is 6.61 Å². The van der Waals surface area contributed by atoms with Crippen molar-refractivity contribution in [1.82, 2.24) is 5.32 Å². The molecule has 2 aromatic rings. The first-order valence-electron chi connectivity index (χ1n) is 8.05. The van der Waals surface area contributed by atoms with Crippen LogP contribution in [0.2, 0.25) is 5.02 Å². The molecule has 0 saturated heterocycles. The van der Waals surface area contributed by atoms with Gasteiger partial charge in [0.2, 0.25) is 0 Å². The Morgan fingerprint density at radius 1 is 1.16 bits per heavy atom. The number of methoxy groups -OCH3 is 1. The summed E-state index contributed by atoms with van der Waals surface area (Å²) in [5.74, 6) is 1.36. The second kappa shape index (κ2) is 11.2. The van der Waals surface area contributed by atoms with Gasteiger partial charge in [0.15, 0.2) is 11.5 Å². The van der Waals surface area contributed by atoms with Gasteiger partial charge in [-0.15, -0.1) is 12.4 Å². The van der Waals surface area contributed by atoms with Crippen LogP contribution >= 0.6 is 24.0 Å². The van der Waals surface area contributed by atoms with E-state index >= 15 is 0 Å². The van der Waals surface area contributed by atoms with E-state index in [0.717, 1.165) is 17.5 Å². The summed E-state index contributed by atoms with van der Waals surface area (Å²) in [5, 5.41) is 13.2. The standard InChI is InChI=1S/C19H24ClNO3.ClH/c1-3-16(12-22)21-11-14-8-9-18(19(10-14)23-2)24-13-15-6-4-5-7-17(15)20;/h4-10,16,21-22H,3,11-13H2,1-2H3;1H. The third-order valence-corrected chi connectivity index (χ3v) is 4.25. The van der Waals surface area contributed by atoms with E-state index in [0.29, 0.717) is 29.7 Å². The quantitative estimate of drug-likeness (QED) is 0.678. The third kappa shape index (κ3) is 6.40. The van der Waals surface area contributed by atoms with Crippen LogP contribution in [0.1, 0.15) is 24.5 Å². The van der Waals surface area contributed by atoms with Crippen LogP contribution in [0, 0.1) is 0 Å². The van der Waals surface area contributed by atoms with Gasteiger partial charge in [-0.25, -0.2) is 0 Å². The van der Waals surface area contributed by atoms with Gasteiger partial charge in [-0.2, -0.15) is 0 Å². The van der Waals surface area contributed by atoms with E-state index in [1.807, 2.05) is 49.4 Å². The lowest BCUT2D eigenvalue weighted by Crippen LogP contribution is -2.31. The number of rotatable bonds is 9. The van der Waals surface area contributed by atoms with Crippen molar-refractivity contribution in [3.8, 4) is 11.5 Å². The molecule has 2 N–H and O–H groups in total. The molecule has 0 radical (unpaired) electrons. The van der Waals surface area contributed by atoms with E-state index in [1.165, 1.54) is 0 Å². The lowest BCUT2D eigenvalue weighted by atomic mass is 10.1. The Balaban J connectivity index is 0.00000312. The van der Waals surface area contributed by atoms with Crippen LogP contribution in [0.3, 0.4) is 0 Å². The van der Waals surface area contributed by atoms with E-state index in [-0.39, 0.29) is 25.1 Å². The maximum Gasteiger partial charge on any atom is 0.161 e. The molecule has 0 aliphatic carbocycles. The highest BCUT2D eigenvalue weighted by atomic mass is 35.5.